The fourth-order valence-electron chi connectivity index (χ4n) is 5.19. The van der Waals surface area contributed by atoms with Gasteiger partial charge in [-0.25, -0.2) is 0 Å². The summed E-state index contributed by atoms with van der Waals surface area (Å²) in [7, 11) is 1.58. The zero-order valence-electron chi connectivity index (χ0n) is 30.0. The summed E-state index contributed by atoms with van der Waals surface area (Å²) >= 11 is 0. The van der Waals surface area contributed by atoms with Gasteiger partial charge in [0.2, 0.25) is 23.6 Å². The second-order valence-corrected chi connectivity index (χ2v) is 13.1. The number of rotatable bonds is 20. The van der Waals surface area contributed by atoms with Crippen LogP contribution in [0.3, 0.4) is 0 Å². The highest BCUT2D eigenvalue weighted by molar-refractivity contribution is 5.98. The normalized spacial score (nSPS) is 15.1. The highest BCUT2D eigenvalue weighted by Crippen LogP contribution is 2.16. The number of amides is 5. The second kappa shape index (κ2) is 20.5. The fourth-order valence-corrected chi connectivity index (χ4v) is 5.19. The molecule has 5 amide bonds. The van der Waals surface area contributed by atoms with Crippen LogP contribution in [0.2, 0.25) is 0 Å². The van der Waals surface area contributed by atoms with Gasteiger partial charge in [-0.1, -0.05) is 61.3 Å². The van der Waals surface area contributed by atoms with Crippen molar-refractivity contribution in [3.63, 3.8) is 0 Å². The topological polar surface area (TPSA) is 176 Å². The molecule has 13 nitrogen and oxygen atoms in total. The summed E-state index contributed by atoms with van der Waals surface area (Å²) in [6, 6.07) is -0.527. The van der Waals surface area contributed by atoms with Crippen LogP contribution in [0.5, 0.6) is 0 Å². The molecule has 0 aromatic carbocycles. The van der Waals surface area contributed by atoms with Crippen molar-refractivity contribution in [2.45, 2.75) is 118 Å². The van der Waals surface area contributed by atoms with Crippen LogP contribution < -0.4 is 31.3 Å². The largest absolute Gasteiger partial charge is 0.619 e. The van der Waals surface area contributed by atoms with Gasteiger partial charge in [-0.05, 0) is 44.4 Å². The van der Waals surface area contributed by atoms with Crippen LogP contribution in [0.1, 0.15) is 98.4 Å². The number of likely N-dealkylation sites (N-methyl/N-ethyl adjacent to an activating group) is 2. The Balaban J connectivity index is 3.06. The molecule has 0 aliphatic carbocycles. The molecule has 0 fully saturated rings. The Morgan fingerprint density at radius 3 is 1.98 bits per heavy atom. The maximum Gasteiger partial charge on any atom is 0.252 e. The first-order chi connectivity index (χ1) is 22.1. The van der Waals surface area contributed by atoms with E-state index in [1.807, 2.05) is 55.4 Å². The van der Waals surface area contributed by atoms with Crippen molar-refractivity contribution < 1.29 is 28.7 Å². The summed E-state index contributed by atoms with van der Waals surface area (Å²) in [6.07, 6.45) is 4.72. The van der Waals surface area contributed by atoms with E-state index in [4.69, 9.17) is 0 Å². The molecule has 6 atom stereocenters. The lowest BCUT2D eigenvalue weighted by molar-refractivity contribution is -0.605. The first-order valence-corrected chi connectivity index (χ1v) is 17.0. The molecular weight excluding hydrogens is 602 g/mol. The highest BCUT2D eigenvalue weighted by Gasteiger charge is 2.35. The summed E-state index contributed by atoms with van der Waals surface area (Å²) in [5.41, 5.74) is 0.250. The van der Waals surface area contributed by atoms with Crippen LogP contribution >= 0.6 is 0 Å². The van der Waals surface area contributed by atoms with Crippen molar-refractivity contribution in [2.24, 2.45) is 17.8 Å². The van der Waals surface area contributed by atoms with Gasteiger partial charge in [0, 0.05) is 38.3 Å². The number of nitrogens with zero attached hydrogens (tertiary/aromatic N) is 2. The van der Waals surface area contributed by atoms with E-state index in [1.165, 1.54) is 29.4 Å². The van der Waals surface area contributed by atoms with Crippen molar-refractivity contribution in [1.29, 1.82) is 0 Å². The van der Waals surface area contributed by atoms with Gasteiger partial charge in [-0.2, -0.15) is 4.73 Å². The lowest BCUT2D eigenvalue weighted by atomic mass is 9.96. The number of carbonyl (C=O) groups is 5. The number of aromatic nitrogens is 1. The summed E-state index contributed by atoms with van der Waals surface area (Å²) < 4.78 is 0.573. The molecule has 1 aromatic rings. The quantitative estimate of drug-likeness (QED) is 0.105. The minimum atomic E-state index is -0.884. The summed E-state index contributed by atoms with van der Waals surface area (Å²) in [4.78, 5) is 67.4. The molecule has 1 heterocycles. The Bertz CT molecular complexity index is 1160. The minimum absolute atomic E-state index is 0.0985. The fraction of sp³-hybridized carbons (Fsp3) is 0.706. The van der Waals surface area contributed by atoms with Crippen molar-refractivity contribution >= 4 is 29.5 Å². The standard InChI is InChI=1S/C34H59N7O6/c1-11-14-27(40(10)34(46)29(23(8)12-2)39-31(43)25-15-17-41(47)18-16-25)32(44)37-26(19-21(4)5)20-36-24(9)30(42)38-28(22(6)7)33(45)35-13-3/h15-18,21-24,26-29,36H,11-14,19-20H2,1-10H3,(H,35,45)(H,37,44)(H,38,42)(H,39,43)/t23-,24-,26-,27-,28-,29-/m0/s1. The van der Waals surface area contributed by atoms with Gasteiger partial charge in [0.15, 0.2) is 12.4 Å². The first-order valence-electron chi connectivity index (χ1n) is 17.0. The number of carbonyl (C=O) groups excluding carboxylic acids is 5. The summed E-state index contributed by atoms with van der Waals surface area (Å²) in [5, 5.41) is 26.1. The van der Waals surface area contributed by atoms with E-state index in [9.17, 15) is 29.2 Å². The molecule has 1 rings (SSSR count). The maximum absolute atomic E-state index is 13.9. The molecule has 0 bridgehead atoms. The van der Waals surface area contributed by atoms with Gasteiger partial charge >= 0.3 is 0 Å². The van der Waals surface area contributed by atoms with E-state index < -0.39 is 30.1 Å². The van der Waals surface area contributed by atoms with E-state index in [1.54, 1.807) is 14.0 Å². The molecule has 0 aliphatic rings. The van der Waals surface area contributed by atoms with E-state index in [2.05, 4.69) is 26.6 Å². The third-order valence-electron chi connectivity index (χ3n) is 8.27. The SMILES string of the molecule is CCC[C@@H](C(=O)N[C@H](CN[C@@H](C)C(=O)N[C@H](C(=O)NCC)C(C)C)CC(C)C)N(C)C(=O)[C@@H](NC(=O)c1cc[n+]([O-])cc1)[C@@H](C)CC. The summed E-state index contributed by atoms with van der Waals surface area (Å²) in [5.74, 6) is -1.83. The molecule has 0 saturated carbocycles. The zero-order chi connectivity index (χ0) is 35.8. The van der Waals surface area contributed by atoms with Crippen molar-refractivity contribution in [3.8, 4) is 0 Å². The average molecular weight is 662 g/mol. The molecule has 0 aliphatic heterocycles. The monoisotopic (exact) mass is 661 g/mol. The van der Waals surface area contributed by atoms with Gasteiger partial charge in [0.25, 0.3) is 5.91 Å². The van der Waals surface area contributed by atoms with E-state index >= 15 is 0 Å². The van der Waals surface area contributed by atoms with Crippen molar-refractivity contribution in [1.82, 2.24) is 31.5 Å². The van der Waals surface area contributed by atoms with Gasteiger partial charge in [-0.15, -0.1) is 0 Å². The average Bonchev–Trinajstić information content (AvgIpc) is 3.02. The van der Waals surface area contributed by atoms with E-state index in [0.717, 1.165) is 0 Å². The molecule has 13 heteroatoms. The highest BCUT2D eigenvalue weighted by atomic mass is 16.5. The number of hydrogen-bond acceptors (Lipinski definition) is 7. The Kier molecular flexibility index (Phi) is 18.0. The van der Waals surface area contributed by atoms with Crippen LogP contribution in [0.15, 0.2) is 24.5 Å². The first kappa shape index (κ1) is 41.3. The van der Waals surface area contributed by atoms with Gasteiger partial charge in [0.05, 0.1) is 11.6 Å². The van der Waals surface area contributed by atoms with Crippen LogP contribution in [-0.2, 0) is 19.2 Å². The van der Waals surface area contributed by atoms with Crippen molar-refractivity contribution in [2.75, 3.05) is 20.1 Å². The molecule has 47 heavy (non-hydrogen) atoms. The lowest BCUT2D eigenvalue weighted by Gasteiger charge is -2.34. The predicted molar refractivity (Wildman–Crippen MR) is 182 cm³/mol. The molecule has 5 N–H and O–H groups in total. The molecular formula is C34H59N7O6. The lowest BCUT2D eigenvalue weighted by Crippen LogP contribution is -2.58. The molecule has 0 radical (unpaired) electrons. The van der Waals surface area contributed by atoms with Gasteiger partial charge < -0.3 is 36.7 Å². The van der Waals surface area contributed by atoms with E-state index in [0.29, 0.717) is 43.5 Å². The Hall–Kier alpha value is -3.74. The molecule has 0 saturated heterocycles. The smallest absolute Gasteiger partial charge is 0.252 e. The molecule has 0 spiro atoms. The second-order valence-electron chi connectivity index (χ2n) is 13.1. The van der Waals surface area contributed by atoms with Crippen LogP contribution in [0.25, 0.3) is 0 Å². The Labute approximate surface area is 281 Å². The number of nitrogens with one attached hydrogen (secondary N) is 5. The van der Waals surface area contributed by atoms with Crippen LogP contribution in [0, 0.1) is 23.0 Å². The Morgan fingerprint density at radius 1 is 0.851 bits per heavy atom. The van der Waals surface area contributed by atoms with Gasteiger partial charge in [-0.3, -0.25) is 24.0 Å². The predicted octanol–water partition coefficient (Wildman–Crippen LogP) is 1.88. The Morgan fingerprint density at radius 2 is 1.47 bits per heavy atom. The van der Waals surface area contributed by atoms with Crippen LogP contribution in [-0.4, -0.2) is 84.8 Å². The third-order valence-corrected chi connectivity index (χ3v) is 8.27. The van der Waals surface area contributed by atoms with Gasteiger partial charge in [0.1, 0.15) is 18.1 Å². The zero-order valence-corrected chi connectivity index (χ0v) is 30.0. The summed E-state index contributed by atoms with van der Waals surface area (Å²) in [6.45, 7) is 17.8. The number of hydrogen-bond donors (Lipinski definition) is 5. The third kappa shape index (κ3) is 13.5. The van der Waals surface area contributed by atoms with Crippen molar-refractivity contribution in [3.05, 3.63) is 35.3 Å². The van der Waals surface area contributed by atoms with E-state index in [-0.39, 0.29) is 53.0 Å². The molecule has 266 valence electrons. The van der Waals surface area contributed by atoms with Crippen LogP contribution in [0.4, 0.5) is 0 Å². The number of pyridine rings is 1. The molecule has 0 unspecified atom stereocenters. The molecule has 1 aromatic heterocycles. The minimum Gasteiger partial charge on any atom is -0.619 e. The maximum atomic E-state index is 13.9.